The predicted molar refractivity (Wildman–Crippen MR) is 96.2 cm³/mol. The van der Waals surface area contributed by atoms with Gasteiger partial charge in [-0.05, 0) is 49.0 Å². The van der Waals surface area contributed by atoms with E-state index >= 15 is 0 Å². The summed E-state index contributed by atoms with van der Waals surface area (Å²) in [5.74, 6) is 0.537. The van der Waals surface area contributed by atoms with E-state index in [0.29, 0.717) is 23.5 Å². The summed E-state index contributed by atoms with van der Waals surface area (Å²) >= 11 is 1.59. The average Bonchev–Trinajstić information content (AvgIpc) is 3.21. The molecule has 0 aromatic carbocycles. The third-order valence-corrected chi connectivity index (χ3v) is 7.02. The molecular weight excluding hydrogens is 320 g/mol. The van der Waals surface area contributed by atoms with E-state index in [0.717, 1.165) is 49.1 Å². The van der Waals surface area contributed by atoms with Crippen LogP contribution in [-0.4, -0.2) is 18.6 Å². The molecule has 1 aromatic heterocycles. The van der Waals surface area contributed by atoms with Gasteiger partial charge in [-0.2, -0.15) is 5.26 Å². The summed E-state index contributed by atoms with van der Waals surface area (Å²) in [5.41, 5.74) is 2.15. The van der Waals surface area contributed by atoms with Crippen LogP contribution < -0.4 is 5.32 Å². The number of thiophene rings is 1. The van der Waals surface area contributed by atoms with Crippen molar-refractivity contribution in [2.45, 2.75) is 65.4 Å². The molecule has 1 N–H and O–H groups in total. The maximum absolute atomic E-state index is 12.3. The van der Waals surface area contributed by atoms with E-state index in [1.807, 2.05) is 0 Å². The number of amides is 1. The van der Waals surface area contributed by atoms with Crippen molar-refractivity contribution in [2.75, 3.05) is 11.9 Å². The third-order valence-electron chi connectivity index (χ3n) is 5.85. The fraction of sp³-hybridized carbons (Fsp3) is 0.684. The van der Waals surface area contributed by atoms with Gasteiger partial charge in [-0.15, -0.1) is 11.3 Å². The number of nitrogens with zero attached hydrogens (tertiary/aromatic N) is 1. The molecule has 0 bridgehead atoms. The maximum atomic E-state index is 12.3. The van der Waals surface area contributed by atoms with Crippen LogP contribution in [0.3, 0.4) is 0 Å². The van der Waals surface area contributed by atoms with Crippen molar-refractivity contribution in [1.29, 1.82) is 5.26 Å². The lowest BCUT2D eigenvalue weighted by atomic mass is 9.69. The second-order valence-electron chi connectivity index (χ2n) is 7.59. The first-order chi connectivity index (χ1) is 11.5. The summed E-state index contributed by atoms with van der Waals surface area (Å²) in [6.07, 6.45) is 5.58. The summed E-state index contributed by atoms with van der Waals surface area (Å²) in [7, 11) is 0. The number of anilines is 1. The van der Waals surface area contributed by atoms with Crippen LogP contribution in [0.25, 0.3) is 0 Å². The molecule has 0 spiro atoms. The first-order valence-electron chi connectivity index (χ1n) is 8.93. The van der Waals surface area contributed by atoms with Gasteiger partial charge >= 0.3 is 0 Å². The van der Waals surface area contributed by atoms with Gasteiger partial charge in [0.15, 0.2) is 0 Å². The molecule has 2 aliphatic rings. The highest BCUT2D eigenvalue weighted by atomic mass is 32.1. The van der Waals surface area contributed by atoms with E-state index in [-0.39, 0.29) is 12.0 Å². The molecule has 2 heterocycles. The Morgan fingerprint density at radius 3 is 2.88 bits per heavy atom. The standard InChI is InChI=1S/C19H26N2O2S/c1-4-19(2,3)12-7-8-13-14(11-20)18(24-16(13)10-12)21-17(22)15-6-5-9-23-15/h12,15H,4-10H2,1-3H3,(H,21,22)/t12-,15-/m1/s1. The molecule has 3 rings (SSSR count). The molecular formula is C19H26N2O2S. The molecule has 130 valence electrons. The van der Waals surface area contributed by atoms with Crippen LogP contribution in [0.4, 0.5) is 5.00 Å². The number of ether oxygens (including phenoxy) is 1. The topological polar surface area (TPSA) is 62.1 Å². The molecule has 4 nitrogen and oxygen atoms in total. The molecule has 24 heavy (non-hydrogen) atoms. The second-order valence-corrected chi connectivity index (χ2v) is 8.70. The van der Waals surface area contributed by atoms with E-state index in [2.05, 4.69) is 32.2 Å². The summed E-state index contributed by atoms with van der Waals surface area (Å²) in [6, 6.07) is 2.32. The van der Waals surface area contributed by atoms with Crippen molar-refractivity contribution in [3.8, 4) is 6.07 Å². The first-order valence-corrected chi connectivity index (χ1v) is 9.75. The molecule has 2 atom stereocenters. The van der Waals surface area contributed by atoms with Crippen LogP contribution in [0.2, 0.25) is 0 Å². The number of fused-ring (bicyclic) bond motifs is 1. The number of carbonyl (C=O) groups excluding carboxylic acids is 1. The van der Waals surface area contributed by atoms with Gasteiger partial charge in [0.25, 0.3) is 5.91 Å². The van der Waals surface area contributed by atoms with Gasteiger partial charge in [0, 0.05) is 11.5 Å². The van der Waals surface area contributed by atoms with Crippen LogP contribution >= 0.6 is 11.3 Å². The van der Waals surface area contributed by atoms with Crippen LogP contribution in [0.1, 0.15) is 62.5 Å². The normalized spacial score (nSPS) is 23.6. The molecule has 1 amide bonds. The quantitative estimate of drug-likeness (QED) is 0.885. The Hall–Kier alpha value is -1.38. The van der Waals surface area contributed by atoms with Crippen molar-refractivity contribution in [1.82, 2.24) is 0 Å². The first kappa shape index (κ1) is 17.4. The number of rotatable bonds is 4. The highest BCUT2D eigenvalue weighted by Crippen LogP contribution is 2.45. The highest BCUT2D eigenvalue weighted by Gasteiger charge is 2.34. The van der Waals surface area contributed by atoms with Crippen LogP contribution in [-0.2, 0) is 22.4 Å². The minimum atomic E-state index is -0.359. The zero-order valence-corrected chi connectivity index (χ0v) is 15.6. The lowest BCUT2D eigenvalue weighted by molar-refractivity contribution is -0.124. The smallest absolute Gasteiger partial charge is 0.254 e. The highest BCUT2D eigenvalue weighted by molar-refractivity contribution is 7.16. The van der Waals surface area contributed by atoms with Crippen LogP contribution in [0.5, 0.6) is 0 Å². The van der Waals surface area contributed by atoms with Gasteiger partial charge in [0.2, 0.25) is 0 Å². The second kappa shape index (κ2) is 6.85. The summed E-state index contributed by atoms with van der Waals surface area (Å²) in [5, 5.41) is 13.3. The Morgan fingerprint density at radius 2 is 2.25 bits per heavy atom. The van der Waals surface area contributed by atoms with Crippen molar-refractivity contribution in [3.63, 3.8) is 0 Å². The van der Waals surface area contributed by atoms with E-state index in [1.165, 1.54) is 4.88 Å². The Kier molecular flexibility index (Phi) is 4.98. The van der Waals surface area contributed by atoms with Gasteiger partial charge in [0.1, 0.15) is 17.2 Å². The van der Waals surface area contributed by atoms with E-state index < -0.39 is 0 Å². The molecule has 1 fully saturated rings. The van der Waals surface area contributed by atoms with Crippen molar-refractivity contribution in [2.24, 2.45) is 11.3 Å². The summed E-state index contributed by atoms with van der Waals surface area (Å²) in [6.45, 7) is 7.57. The van der Waals surface area contributed by atoms with Gasteiger partial charge in [0.05, 0.1) is 5.56 Å². The molecule has 1 aliphatic carbocycles. The lowest BCUT2D eigenvalue weighted by Gasteiger charge is -2.36. The Balaban J connectivity index is 1.81. The molecule has 0 unspecified atom stereocenters. The number of hydrogen-bond acceptors (Lipinski definition) is 4. The molecule has 0 radical (unpaired) electrons. The zero-order valence-electron chi connectivity index (χ0n) is 14.8. The van der Waals surface area contributed by atoms with Crippen molar-refractivity contribution in [3.05, 3.63) is 16.0 Å². The number of nitrogens with one attached hydrogen (secondary N) is 1. The molecule has 0 saturated carbocycles. The Labute approximate surface area is 148 Å². The largest absolute Gasteiger partial charge is 0.368 e. The zero-order chi connectivity index (χ0) is 17.3. The number of carbonyl (C=O) groups is 1. The van der Waals surface area contributed by atoms with Crippen molar-refractivity contribution >= 4 is 22.2 Å². The molecule has 1 aliphatic heterocycles. The fourth-order valence-corrected chi connectivity index (χ4v) is 5.01. The average molecular weight is 346 g/mol. The predicted octanol–water partition coefficient (Wildman–Crippen LogP) is 4.28. The van der Waals surface area contributed by atoms with Gasteiger partial charge in [-0.25, -0.2) is 0 Å². The molecule has 1 aromatic rings. The van der Waals surface area contributed by atoms with Gasteiger partial charge < -0.3 is 10.1 Å². The van der Waals surface area contributed by atoms with Crippen LogP contribution in [0.15, 0.2) is 0 Å². The van der Waals surface area contributed by atoms with E-state index in [1.54, 1.807) is 11.3 Å². The van der Waals surface area contributed by atoms with E-state index in [9.17, 15) is 10.1 Å². The maximum Gasteiger partial charge on any atom is 0.254 e. The molecule has 5 heteroatoms. The van der Waals surface area contributed by atoms with Gasteiger partial charge in [-0.3, -0.25) is 4.79 Å². The third kappa shape index (κ3) is 3.22. The Bertz CT molecular complexity index is 666. The number of hydrogen-bond donors (Lipinski definition) is 1. The SMILES string of the molecule is CCC(C)(C)[C@@H]1CCc2c(sc(NC(=O)[C@H]3CCCO3)c2C#N)C1. The number of nitriles is 1. The monoisotopic (exact) mass is 346 g/mol. The van der Waals surface area contributed by atoms with E-state index in [4.69, 9.17) is 4.74 Å². The fourth-order valence-electron chi connectivity index (χ4n) is 3.72. The van der Waals surface area contributed by atoms with Crippen LogP contribution in [0, 0.1) is 22.7 Å². The lowest BCUT2D eigenvalue weighted by Crippen LogP contribution is -2.28. The minimum absolute atomic E-state index is 0.104. The van der Waals surface area contributed by atoms with Crippen molar-refractivity contribution < 1.29 is 9.53 Å². The molecule has 1 saturated heterocycles. The summed E-state index contributed by atoms with van der Waals surface area (Å²) < 4.78 is 5.45. The Morgan fingerprint density at radius 1 is 1.46 bits per heavy atom. The van der Waals surface area contributed by atoms with Gasteiger partial charge in [-0.1, -0.05) is 27.2 Å². The minimum Gasteiger partial charge on any atom is -0.368 e. The summed E-state index contributed by atoms with van der Waals surface area (Å²) in [4.78, 5) is 13.6.